The van der Waals surface area contributed by atoms with Crippen molar-refractivity contribution in [3.63, 3.8) is 0 Å². The number of hydrogen-bond donors (Lipinski definition) is 1. The molecule has 0 bridgehead atoms. The Labute approximate surface area is 100 Å². The summed E-state index contributed by atoms with van der Waals surface area (Å²) in [6.45, 7) is 1.47. The van der Waals surface area contributed by atoms with Crippen molar-refractivity contribution in [2.24, 2.45) is 5.92 Å². The van der Waals surface area contributed by atoms with Gasteiger partial charge < -0.3 is 5.11 Å². The molecule has 0 radical (unpaired) electrons. The van der Waals surface area contributed by atoms with Crippen LogP contribution < -0.4 is 0 Å². The fourth-order valence-electron chi connectivity index (χ4n) is 1.31. The van der Waals surface area contributed by atoms with Gasteiger partial charge in [0.15, 0.2) is 5.78 Å². The molecule has 0 fully saturated rings. The standard InChI is InChI=1S/C11H10BrFO3/c1-6(4-10(14)15)11(16)8-3-2-7(12)5-9(8)13/h2-3,5-6H,4H2,1H3,(H,14,15). The summed E-state index contributed by atoms with van der Waals surface area (Å²) in [7, 11) is 0. The monoisotopic (exact) mass is 288 g/mol. The number of Topliss-reactive ketones (excluding diaryl/α,β-unsaturated/α-hetero) is 1. The van der Waals surface area contributed by atoms with Gasteiger partial charge in [0.1, 0.15) is 5.82 Å². The number of benzene rings is 1. The molecule has 1 atom stereocenters. The van der Waals surface area contributed by atoms with Gasteiger partial charge in [-0.2, -0.15) is 0 Å². The number of ketones is 1. The van der Waals surface area contributed by atoms with Gasteiger partial charge in [-0.15, -0.1) is 0 Å². The lowest BCUT2D eigenvalue weighted by Gasteiger charge is -2.08. The maximum atomic E-state index is 13.4. The van der Waals surface area contributed by atoms with Gasteiger partial charge >= 0.3 is 5.97 Å². The number of aliphatic carboxylic acids is 1. The van der Waals surface area contributed by atoms with Crippen molar-refractivity contribution in [3.05, 3.63) is 34.1 Å². The lowest BCUT2D eigenvalue weighted by Crippen LogP contribution is -2.16. The lowest BCUT2D eigenvalue weighted by atomic mass is 9.96. The fraction of sp³-hybridized carbons (Fsp3) is 0.273. The molecule has 0 spiro atoms. The van der Waals surface area contributed by atoms with Crippen molar-refractivity contribution in [2.45, 2.75) is 13.3 Å². The number of carbonyl (C=O) groups excluding carboxylic acids is 1. The zero-order valence-corrected chi connectivity index (χ0v) is 10.1. The zero-order valence-electron chi connectivity index (χ0n) is 8.54. The van der Waals surface area contributed by atoms with Crippen molar-refractivity contribution in [1.29, 1.82) is 0 Å². The minimum Gasteiger partial charge on any atom is -0.481 e. The highest BCUT2D eigenvalue weighted by molar-refractivity contribution is 9.10. The predicted octanol–water partition coefficient (Wildman–Crippen LogP) is 2.88. The predicted molar refractivity (Wildman–Crippen MR) is 59.8 cm³/mol. The largest absolute Gasteiger partial charge is 0.481 e. The first-order valence-corrected chi connectivity index (χ1v) is 5.42. The first kappa shape index (κ1) is 12.8. The van der Waals surface area contributed by atoms with Crippen molar-refractivity contribution >= 4 is 27.7 Å². The molecular weight excluding hydrogens is 279 g/mol. The molecule has 0 aliphatic heterocycles. The van der Waals surface area contributed by atoms with Gasteiger partial charge in [0, 0.05) is 10.4 Å². The average molecular weight is 289 g/mol. The van der Waals surface area contributed by atoms with E-state index in [0.29, 0.717) is 4.47 Å². The summed E-state index contributed by atoms with van der Waals surface area (Å²) in [4.78, 5) is 22.1. The summed E-state index contributed by atoms with van der Waals surface area (Å²) in [6, 6.07) is 4.07. The molecule has 0 saturated heterocycles. The van der Waals surface area contributed by atoms with E-state index in [1.54, 1.807) is 6.07 Å². The van der Waals surface area contributed by atoms with E-state index in [9.17, 15) is 14.0 Å². The van der Waals surface area contributed by atoms with Crippen LogP contribution in [0, 0.1) is 11.7 Å². The average Bonchev–Trinajstić information content (AvgIpc) is 2.15. The van der Waals surface area contributed by atoms with Crippen LogP contribution in [0.2, 0.25) is 0 Å². The molecule has 1 rings (SSSR count). The fourth-order valence-corrected chi connectivity index (χ4v) is 1.64. The summed E-state index contributed by atoms with van der Waals surface area (Å²) in [5.41, 5.74) is -0.0723. The molecule has 1 aromatic carbocycles. The van der Waals surface area contributed by atoms with Gasteiger partial charge in [0.2, 0.25) is 0 Å². The quantitative estimate of drug-likeness (QED) is 0.867. The van der Waals surface area contributed by atoms with Crippen LogP contribution in [-0.4, -0.2) is 16.9 Å². The van der Waals surface area contributed by atoms with E-state index in [1.807, 2.05) is 0 Å². The third-order valence-electron chi connectivity index (χ3n) is 2.12. The van der Waals surface area contributed by atoms with Crippen molar-refractivity contribution in [3.8, 4) is 0 Å². The maximum Gasteiger partial charge on any atom is 0.304 e. The Morgan fingerprint density at radius 1 is 1.50 bits per heavy atom. The third kappa shape index (κ3) is 3.13. The van der Waals surface area contributed by atoms with Crippen molar-refractivity contribution < 1.29 is 19.1 Å². The normalized spacial score (nSPS) is 12.2. The summed E-state index contributed by atoms with van der Waals surface area (Å²) < 4.78 is 13.9. The number of hydrogen-bond acceptors (Lipinski definition) is 2. The van der Waals surface area contributed by atoms with Gasteiger partial charge in [-0.1, -0.05) is 22.9 Å². The maximum absolute atomic E-state index is 13.4. The Kier molecular flexibility index (Phi) is 4.18. The van der Waals surface area contributed by atoms with Crippen LogP contribution in [0.1, 0.15) is 23.7 Å². The van der Waals surface area contributed by atoms with Gasteiger partial charge in [-0.25, -0.2) is 4.39 Å². The summed E-state index contributed by atoms with van der Waals surface area (Å²) >= 11 is 3.08. The molecule has 0 aromatic heterocycles. The summed E-state index contributed by atoms with van der Waals surface area (Å²) in [5, 5.41) is 8.54. The molecule has 3 nitrogen and oxygen atoms in total. The molecule has 86 valence electrons. The van der Waals surface area contributed by atoms with E-state index in [1.165, 1.54) is 19.1 Å². The minimum atomic E-state index is -1.07. The van der Waals surface area contributed by atoms with Crippen molar-refractivity contribution in [1.82, 2.24) is 0 Å². The van der Waals surface area contributed by atoms with E-state index >= 15 is 0 Å². The molecule has 0 saturated carbocycles. The first-order chi connectivity index (χ1) is 7.41. The zero-order chi connectivity index (χ0) is 12.3. The molecule has 1 N–H and O–H groups in total. The Morgan fingerprint density at radius 2 is 2.12 bits per heavy atom. The molecule has 0 aliphatic rings. The van der Waals surface area contributed by atoms with Crippen LogP contribution in [0.15, 0.2) is 22.7 Å². The second kappa shape index (κ2) is 5.21. The van der Waals surface area contributed by atoms with E-state index in [-0.39, 0.29) is 12.0 Å². The van der Waals surface area contributed by atoms with Crippen LogP contribution in [0.4, 0.5) is 4.39 Å². The molecule has 5 heteroatoms. The van der Waals surface area contributed by atoms with Gasteiger partial charge in [-0.05, 0) is 18.2 Å². The van der Waals surface area contributed by atoms with E-state index in [0.717, 1.165) is 0 Å². The minimum absolute atomic E-state index is 0.0723. The molecule has 0 amide bonds. The highest BCUT2D eigenvalue weighted by atomic mass is 79.9. The highest BCUT2D eigenvalue weighted by Crippen LogP contribution is 2.19. The van der Waals surface area contributed by atoms with Crippen molar-refractivity contribution in [2.75, 3.05) is 0 Å². The molecule has 0 heterocycles. The number of carboxylic acid groups (broad SMARTS) is 1. The number of carboxylic acids is 1. The lowest BCUT2D eigenvalue weighted by molar-refractivity contribution is -0.137. The van der Waals surface area contributed by atoms with E-state index in [2.05, 4.69) is 15.9 Å². The third-order valence-corrected chi connectivity index (χ3v) is 2.62. The Balaban J connectivity index is 2.92. The van der Waals surface area contributed by atoms with Crippen LogP contribution in [0.25, 0.3) is 0 Å². The second-order valence-electron chi connectivity index (χ2n) is 3.49. The Hall–Kier alpha value is -1.23. The van der Waals surface area contributed by atoms with Crippen LogP contribution in [-0.2, 0) is 4.79 Å². The number of halogens is 2. The van der Waals surface area contributed by atoms with Crippen LogP contribution in [0.3, 0.4) is 0 Å². The molecule has 1 unspecified atom stereocenters. The molecule has 1 aromatic rings. The van der Waals surface area contributed by atoms with Crippen LogP contribution >= 0.6 is 15.9 Å². The van der Waals surface area contributed by atoms with Crippen LogP contribution in [0.5, 0.6) is 0 Å². The number of carbonyl (C=O) groups is 2. The molecule has 0 aliphatic carbocycles. The smallest absolute Gasteiger partial charge is 0.304 e. The van der Waals surface area contributed by atoms with E-state index < -0.39 is 23.5 Å². The van der Waals surface area contributed by atoms with Gasteiger partial charge in [0.25, 0.3) is 0 Å². The summed E-state index contributed by atoms with van der Waals surface area (Å²) in [5.74, 6) is -2.93. The number of rotatable bonds is 4. The molecule has 16 heavy (non-hydrogen) atoms. The Morgan fingerprint density at radius 3 is 2.62 bits per heavy atom. The molecular formula is C11H10BrFO3. The first-order valence-electron chi connectivity index (χ1n) is 4.63. The van der Waals surface area contributed by atoms with Gasteiger partial charge in [0.05, 0.1) is 12.0 Å². The topological polar surface area (TPSA) is 54.4 Å². The Bertz CT molecular complexity index is 431. The van der Waals surface area contributed by atoms with Gasteiger partial charge in [-0.3, -0.25) is 9.59 Å². The van der Waals surface area contributed by atoms with E-state index in [4.69, 9.17) is 5.11 Å². The SMILES string of the molecule is CC(CC(=O)O)C(=O)c1ccc(Br)cc1F. The second-order valence-corrected chi connectivity index (χ2v) is 4.40. The highest BCUT2D eigenvalue weighted by Gasteiger charge is 2.20. The summed E-state index contributed by atoms with van der Waals surface area (Å²) in [6.07, 6.45) is -0.297.